The Morgan fingerprint density at radius 1 is 1.03 bits per heavy atom. The van der Waals surface area contributed by atoms with Gasteiger partial charge in [0, 0.05) is 17.0 Å². The minimum absolute atomic E-state index is 0.146. The molecule has 1 atom stereocenters. The van der Waals surface area contributed by atoms with Crippen molar-refractivity contribution in [3.8, 4) is 5.75 Å². The lowest BCUT2D eigenvalue weighted by molar-refractivity contribution is 0.0000751. The van der Waals surface area contributed by atoms with Gasteiger partial charge in [0.05, 0.1) is 27.7 Å². The van der Waals surface area contributed by atoms with Gasteiger partial charge in [-0.15, -0.1) is 0 Å². The molecule has 1 aliphatic carbocycles. The number of hydrogen-bond acceptors (Lipinski definition) is 5. The Labute approximate surface area is 224 Å². The summed E-state index contributed by atoms with van der Waals surface area (Å²) >= 11 is 7.34. The molecule has 1 fully saturated rings. The summed E-state index contributed by atoms with van der Waals surface area (Å²) in [6.45, 7) is 0.323. The summed E-state index contributed by atoms with van der Waals surface area (Å²) in [5, 5.41) is 0.588. The zero-order chi connectivity index (χ0) is 25.6. The van der Waals surface area contributed by atoms with Crippen molar-refractivity contribution >= 4 is 43.2 Å². The first-order valence-corrected chi connectivity index (χ1v) is 15.2. The zero-order valence-electron chi connectivity index (χ0n) is 20.2. The van der Waals surface area contributed by atoms with Crippen LogP contribution in [0.3, 0.4) is 0 Å². The van der Waals surface area contributed by atoms with E-state index in [9.17, 15) is 13.2 Å². The summed E-state index contributed by atoms with van der Waals surface area (Å²) in [5.41, 5.74) is 2.05. The van der Waals surface area contributed by atoms with Gasteiger partial charge < -0.3 is 4.74 Å². The van der Waals surface area contributed by atoms with Crippen molar-refractivity contribution in [2.45, 2.75) is 61.6 Å². The predicted molar refractivity (Wildman–Crippen MR) is 147 cm³/mol. The number of nitrogens with one attached hydrogen (secondary N) is 1. The molecule has 2 aliphatic rings. The lowest BCUT2D eigenvalue weighted by atomic mass is 9.77. The van der Waals surface area contributed by atoms with Crippen LogP contribution in [0.15, 0.2) is 76.4 Å². The summed E-state index contributed by atoms with van der Waals surface area (Å²) in [5.74, 6) is 0.758. The summed E-state index contributed by atoms with van der Waals surface area (Å²) in [6, 6.07) is 19.6. The molecule has 1 saturated carbocycles. The fourth-order valence-corrected chi connectivity index (χ4v) is 8.08. The SMILES string of the molecule is O=c1sc2cc(S(=O)(=O)N[C@@H]3CC4(CCCCC4)Oc4ccccc43)ccc2n1Cc1ccccc1Cl. The van der Waals surface area contributed by atoms with Gasteiger partial charge in [-0.3, -0.25) is 9.36 Å². The first-order valence-electron chi connectivity index (χ1n) is 12.5. The smallest absolute Gasteiger partial charge is 0.308 e. The number of fused-ring (bicyclic) bond motifs is 2. The monoisotopic (exact) mass is 554 g/mol. The van der Waals surface area contributed by atoms with Crippen LogP contribution in [0.4, 0.5) is 0 Å². The maximum atomic E-state index is 13.6. The number of nitrogens with zero attached hydrogens (tertiary/aromatic N) is 1. The molecule has 1 N–H and O–H groups in total. The molecule has 0 bridgehead atoms. The van der Waals surface area contributed by atoms with Crippen molar-refractivity contribution in [3.63, 3.8) is 0 Å². The highest BCUT2D eigenvalue weighted by Crippen LogP contribution is 2.46. The normalized spacial score (nSPS) is 19.0. The van der Waals surface area contributed by atoms with Crippen LogP contribution in [0.5, 0.6) is 5.75 Å². The summed E-state index contributed by atoms with van der Waals surface area (Å²) in [4.78, 5) is 12.8. The van der Waals surface area contributed by atoms with Crippen molar-refractivity contribution in [3.05, 3.63) is 92.5 Å². The third-order valence-corrected chi connectivity index (χ3v) is 10.3. The van der Waals surface area contributed by atoms with Crippen molar-refractivity contribution < 1.29 is 13.2 Å². The highest BCUT2D eigenvalue weighted by molar-refractivity contribution is 7.89. The van der Waals surface area contributed by atoms with Crippen molar-refractivity contribution in [2.24, 2.45) is 0 Å². The second kappa shape index (κ2) is 9.58. The highest BCUT2D eigenvalue weighted by Gasteiger charge is 2.43. The number of hydrogen-bond donors (Lipinski definition) is 1. The molecule has 2 heterocycles. The van der Waals surface area contributed by atoms with E-state index in [-0.39, 0.29) is 21.4 Å². The Morgan fingerprint density at radius 3 is 2.59 bits per heavy atom. The molecule has 0 unspecified atom stereocenters. The van der Waals surface area contributed by atoms with E-state index in [2.05, 4.69) is 4.72 Å². The summed E-state index contributed by atoms with van der Waals surface area (Å²) < 4.78 is 38.9. The fraction of sp³-hybridized carbons (Fsp3) is 0.321. The van der Waals surface area contributed by atoms with Gasteiger partial charge in [-0.2, -0.15) is 0 Å². The van der Waals surface area contributed by atoms with Gasteiger partial charge in [-0.1, -0.05) is 65.8 Å². The largest absolute Gasteiger partial charge is 0.487 e. The fourth-order valence-electron chi connectivity index (χ4n) is 5.64. The first kappa shape index (κ1) is 24.7. The Morgan fingerprint density at radius 2 is 1.78 bits per heavy atom. The predicted octanol–water partition coefficient (Wildman–Crippen LogP) is 6.27. The number of sulfonamides is 1. The summed E-state index contributed by atoms with van der Waals surface area (Å²) in [7, 11) is -3.85. The number of para-hydroxylation sites is 1. The van der Waals surface area contributed by atoms with E-state index in [4.69, 9.17) is 16.3 Å². The van der Waals surface area contributed by atoms with Gasteiger partial charge in [0.1, 0.15) is 11.4 Å². The molecular formula is C28H27ClN2O4S2. The van der Waals surface area contributed by atoms with Crippen molar-refractivity contribution in [1.82, 2.24) is 9.29 Å². The molecule has 9 heteroatoms. The molecule has 1 aromatic heterocycles. The van der Waals surface area contributed by atoms with Crippen LogP contribution in [-0.2, 0) is 16.6 Å². The summed E-state index contributed by atoms with van der Waals surface area (Å²) in [6.07, 6.45) is 5.82. The minimum Gasteiger partial charge on any atom is -0.487 e. The average molecular weight is 555 g/mol. The van der Waals surface area contributed by atoms with Gasteiger partial charge in [-0.25, -0.2) is 13.1 Å². The third kappa shape index (κ3) is 4.72. The second-order valence-corrected chi connectivity index (χ2v) is 13.1. The first-order chi connectivity index (χ1) is 17.8. The Kier molecular flexibility index (Phi) is 6.39. The van der Waals surface area contributed by atoms with Crippen LogP contribution >= 0.6 is 22.9 Å². The van der Waals surface area contributed by atoms with Gasteiger partial charge in [-0.05, 0) is 61.6 Å². The molecule has 6 nitrogen and oxygen atoms in total. The number of ether oxygens (including phenoxy) is 1. The molecule has 37 heavy (non-hydrogen) atoms. The lowest BCUT2D eigenvalue weighted by Crippen LogP contribution is -2.46. The van der Waals surface area contributed by atoms with Crippen LogP contribution in [0.2, 0.25) is 5.02 Å². The Hall–Kier alpha value is -2.65. The average Bonchev–Trinajstić information content (AvgIpc) is 3.19. The Balaban J connectivity index is 1.32. The molecule has 0 radical (unpaired) electrons. The maximum Gasteiger partial charge on any atom is 0.308 e. The number of rotatable bonds is 5. The van der Waals surface area contributed by atoms with E-state index >= 15 is 0 Å². The van der Waals surface area contributed by atoms with E-state index in [1.54, 1.807) is 28.8 Å². The van der Waals surface area contributed by atoms with Crippen LogP contribution in [0.25, 0.3) is 10.2 Å². The second-order valence-electron chi connectivity index (χ2n) is 9.94. The zero-order valence-corrected chi connectivity index (χ0v) is 22.5. The van der Waals surface area contributed by atoms with Gasteiger partial charge in [0.15, 0.2) is 0 Å². The molecule has 6 rings (SSSR count). The van der Waals surface area contributed by atoms with Gasteiger partial charge in [0.2, 0.25) is 10.0 Å². The minimum atomic E-state index is -3.85. The van der Waals surface area contributed by atoms with E-state index in [1.165, 1.54) is 6.42 Å². The van der Waals surface area contributed by atoms with E-state index in [0.29, 0.717) is 28.2 Å². The molecule has 1 spiro atoms. The van der Waals surface area contributed by atoms with E-state index < -0.39 is 10.0 Å². The number of thiazole rings is 1. The maximum absolute atomic E-state index is 13.6. The van der Waals surface area contributed by atoms with Gasteiger partial charge >= 0.3 is 4.87 Å². The molecule has 192 valence electrons. The quantitative estimate of drug-likeness (QED) is 0.315. The van der Waals surface area contributed by atoms with Crippen molar-refractivity contribution in [1.29, 1.82) is 0 Å². The third-order valence-electron chi connectivity index (χ3n) is 7.50. The number of halogens is 1. The number of benzene rings is 3. The van der Waals surface area contributed by atoms with E-state index in [0.717, 1.165) is 53.9 Å². The highest BCUT2D eigenvalue weighted by atomic mass is 35.5. The molecule has 1 aliphatic heterocycles. The van der Waals surface area contributed by atoms with Crippen LogP contribution in [-0.4, -0.2) is 18.6 Å². The molecule has 3 aromatic carbocycles. The van der Waals surface area contributed by atoms with Crippen LogP contribution < -0.4 is 14.3 Å². The van der Waals surface area contributed by atoms with Crippen LogP contribution in [0.1, 0.15) is 55.7 Å². The van der Waals surface area contributed by atoms with Crippen LogP contribution in [0, 0.1) is 0 Å². The number of aromatic nitrogens is 1. The lowest BCUT2D eigenvalue weighted by Gasteiger charge is -2.44. The molecular weight excluding hydrogens is 528 g/mol. The molecule has 0 amide bonds. The standard InChI is InChI=1S/C28H27ClN2O4S2/c29-22-10-4-2-8-19(22)18-31-24-13-12-20(16-26(24)36-27(31)32)37(33,34)30-23-17-28(14-6-1-7-15-28)35-25-11-5-3-9-21(23)25/h2-5,8-13,16,23,30H,1,6-7,14-15,17-18H2/t23-/m1/s1. The van der Waals surface area contributed by atoms with Crippen molar-refractivity contribution in [2.75, 3.05) is 0 Å². The molecule has 0 saturated heterocycles. The Bertz CT molecular complexity index is 1640. The molecule has 4 aromatic rings. The van der Waals surface area contributed by atoms with E-state index in [1.807, 2.05) is 42.5 Å². The van der Waals surface area contributed by atoms with Gasteiger partial charge in [0.25, 0.3) is 0 Å². The topological polar surface area (TPSA) is 77.4 Å².